The maximum Gasteiger partial charge on any atom is 0.263 e. The third-order valence-corrected chi connectivity index (χ3v) is 5.98. The van der Waals surface area contributed by atoms with Gasteiger partial charge in [0.1, 0.15) is 9.88 Å². The van der Waals surface area contributed by atoms with E-state index in [9.17, 15) is 4.79 Å². The molecule has 8 heteroatoms. The first-order chi connectivity index (χ1) is 12.6. The minimum atomic E-state index is -0.105. The van der Waals surface area contributed by atoms with Crippen molar-refractivity contribution < 1.29 is 4.79 Å². The zero-order valence-electron chi connectivity index (χ0n) is 14.3. The molecule has 0 aliphatic heterocycles. The molecule has 0 spiro atoms. The van der Waals surface area contributed by atoms with Crippen LogP contribution in [0.5, 0.6) is 0 Å². The smallest absolute Gasteiger partial charge is 0.263 e. The highest BCUT2D eigenvalue weighted by molar-refractivity contribution is 7.18. The minimum Gasteiger partial charge on any atom is -0.348 e. The quantitative estimate of drug-likeness (QED) is 0.572. The molecule has 1 N–H and O–H groups in total. The molecule has 0 bridgehead atoms. The normalized spacial score (nSPS) is 12.4. The van der Waals surface area contributed by atoms with Gasteiger partial charge in [-0.15, -0.1) is 22.7 Å². The molecule has 26 heavy (non-hydrogen) atoms. The summed E-state index contributed by atoms with van der Waals surface area (Å²) in [4.78, 5) is 22.0. The summed E-state index contributed by atoms with van der Waals surface area (Å²) in [6.45, 7) is 1.99. The Morgan fingerprint density at radius 3 is 2.88 bits per heavy atom. The predicted octanol–water partition coefficient (Wildman–Crippen LogP) is 3.51. The molecule has 1 atom stereocenters. The van der Waals surface area contributed by atoms with Gasteiger partial charge in [-0.1, -0.05) is 12.1 Å². The summed E-state index contributed by atoms with van der Waals surface area (Å²) < 4.78 is 2.89. The first kappa shape index (κ1) is 16.9. The highest BCUT2D eigenvalue weighted by Crippen LogP contribution is 2.25. The van der Waals surface area contributed by atoms with Crippen LogP contribution in [0.15, 0.2) is 42.9 Å². The Morgan fingerprint density at radius 2 is 2.12 bits per heavy atom. The van der Waals surface area contributed by atoms with Crippen LogP contribution in [-0.4, -0.2) is 31.7 Å². The van der Waals surface area contributed by atoms with Crippen molar-refractivity contribution in [1.82, 2.24) is 25.1 Å². The van der Waals surface area contributed by atoms with E-state index >= 15 is 0 Å². The van der Waals surface area contributed by atoms with E-state index in [0.29, 0.717) is 11.3 Å². The van der Waals surface area contributed by atoms with Crippen LogP contribution in [0, 0.1) is 0 Å². The lowest BCUT2D eigenvalue weighted by molar-refractivity contribution is 0.0944. The Hall–Kier alpha value is -2.58. The molecule has 0 aliphatic carbocycles. The van der Waals surface area contributed by atoms with Crippen LogP contribution >= 0.6 is 22.7 Å². The monoisotopic (exact) mass is 383 g/mol. The van der Waals surface area contributed by atoms with Gasteiger partial charge in [0, 0.05) is 31.3 Å². The van der Waals surface area contributed by atoms with E-state index in [1.54, 1.807) is 28.4 Å². The lowest BCUT2D eigenvalue weighted by atomic mass is 10.2. The average Bonchev–Trinajstić information content (AvgIpc) is 3.32. The Labute approximate surface area is 158 Å². The third-order valence-electron chi connectivity index (χ3n) is 3.88. The van der Waals surface area contributed by atoms with Gasteiger partial charge < -0.3 is 5.32 Å². The number of carbonyl (C=O) groups excluding carboxylic acids is 1. The van der Waals surface area contributed by atoms with Gasteiger partial charge in [0.05, 0.1) is 27.6 Å². The second-order valence-electron chi connectivity index (χ2n) is 6.09. The molecule has 0 aliphatic rings. The molecule has 132 valence electrons. The van der Waals surface area contributed by atoms with E-state index in [2.05, 4.69) is 26.4 Å². The molecule has 0 fully saturated rings. The van der Waals surface area contributed by atoms with Gasteiger partial charge in [0.25, 0.3) is 5.91 Å². The molecule has 6 nitrogen and oxygen atoms in total. The first-order valence-corrected chi connectivity index (χ1v) is 9.82. The molecule has 4 rings (SSSR count). The highest BCUT2D eigenvalue weighted by atomic mass is 32.1. The van der Waals surface area contributed by atoms with Crippen molar-refractivity contribution >= 4 is 38.8 Å². The largest absolute Gasteiger partial charge is 0.348 e. The number of aromatic nitrogens is 4. The zero-order valence-corrected chi connectivity index (χ0v) is 16.0. The van der Waals surface area contributed by atoms with E-state index in [1.165, 1.54) is 16.0 Å². The van der Waals surface area contributed by atoms with E-state index < -0.39 is 0 Å². The number of nitrogens with one attached hydrogen (secondary N) is 1. The maximum absolute atomic E-state index is 12.5. The van der Waals surface area contributed by atoms with Gasteiger partial charge in [0.2, 0.25) is 0 Å². The molecular formula is C18H17N5OS2. The van der Waals surface area contributed by atoms with Gasteiger partial charge in [-0.3, -0.25) is 9.48 Å². The molecule has 3 aromatic heterocycles. The maximum atomic E-state index is 12.5. The predicted molar refractivity (Wildman–Crippen MR) is 105 cm³/mol. The minimum absolute atomic E-state index is 0.00740. The highest BCUT2D eigenvalue weighted by Gasteiger charge is 2.16. The summed E-state index contributed by atoms with van der Waals surface area (Å²) in [5, 5.41) is 8.99. The molecule has 0 saturated heterocycles. The molecule has 1 amide bonds. The Kier molecular flexibility index (Phi) is 4.52. The van der Waals surface area contributed by atoms with Gasteiger partial charge in [-0.05, 0) is 19.1 Å². The van der Waals surface area contributed by atoms with Gasteiger partial charge in [-0.2, -0.15) is 5.10 Å². The standard InChI is InChI=1S/C18H17N5OS2/c1-11(7-16-22-13-5-3-4-6-14(13)25-16)21-17(24)15-9-19-18(26-15)12-8-20-23(2)10-12/h3-6,8-11H,7H2,1-2H3,(H,21,24)/t11-/m0/s1. The lowest BCUT2D eigenvalue weighted by Gasteiger charge is -2.11. The number of hydrogen-bond donors (Lipinski definition) is 1. The lowest BCUT2D eigenvalue weighted by Crippen LogP contribution is -2.33. The molecule has 1 aromatic carbocycles. The van der Waals surface area contributed by atoms with Crippen LogP contribution in [0.2, 0.25) is 0 Å². The Balaban J connectivity index is 1.41. The Bertz CT molecular complexity index is 1030. The van der Waals surface area contributed by atoms with Crippen molar-refractivity contribution in [2.45, 2.75) is 19.4 Å². The fraction of sp³-hybridized carbons (Fsp3) is 0.222. The second-order valence-corrected chi connectivity index (χ2v) is 8.23. The number of hydrogen-bond acceptors (Lipinski definition) is 6. The van der Waals surface area contributed by atoms with E-state index in [0.717, 1.165) is 21.1 Å². The topological polar surface area (TPSA) is 72.7 Å². The third kappa shape index (κ3) is 3.51. The molecule has 0 unspecified atom stereocenters. The number of thiazole rings is 2. The molecular weight excluding hydrogens is 366 g/mol. The average molecular weight is 384 g/mol. The second kappa shape index (κ2) is 6.97. The summed E-state index contributed by atoms with van der Waals surface area (Å²) in [6.07, 6.45) is 5.96. The fourth-order valence-corrected chi connectivity index (χ4v) is 4.55. The van der Waals surface area contributed by atoms with Crippen LogP contribution in [0.1, 0.15) is 21.6 Å². The summed E-state index contributed by atoms with van der Waals surface area (Å²) in [7, 11) is 1.86. The van der Waals surface area contributed by atoms with Gasteiger partial charge in [0.15, 0.2) is 0 Å². The van der Waals surface area contributed by atoms with Gasteiger partial charge in [-0.25, -0.2) is 9.97 Å². The zero-order chi connectivity index (χ0) is 18.1. The molecule has 4 aromatic rings. The van der Waals surface area contributed by atoms with Crippen LogP contribution in [0.3, 0.4) is 0 Å². The number of para-hydroxylation sites is 1. The van der Waals surface area contributed by atoms with E-state index in [-0.39, 0.29) is 11.9 Å². The number of nitrogens with zero attached hydrogens (tertiary/aromatic N) is 4. The van der Waals surface area contributed by atoms with Crippen LogP contribution in [0.4, 0.5) is 0 Å². The number of aryl methyl sites for hydroxylation is 1. The van der Waals surface area contributed by atoms with Crippen molar-refractivity contribution in [1.29, 1.82) is 0 Å². The molecule has 3 heterocycles. The first-order valence-electron chi connectivity index (χ1n) is 8.18. The van der Waals surface area contributed by atoms with Crippen LogP contribution in [0.25, 0.3) is 20.8 Å². The number of benzene rings is 1. The number of rotatable bonds is 5. The SMILES string of the molecule is C[C@@H](Cc1nc2ccccc2s1)NC(=O)c1cnc(-c2cnn(C)c2)s1. The van der Waals surface area contributed by atoms with Crippen molar-refractivity contribution in [2.24, 2.45) is 7.05 Å². The van der Waals surface area contributed by atoms with Crippen molar-refractivity contribution in [3.8, 4) is 10.6 Å². The van der Waals surface area contributed by atoms with Crippen molar-refractivity contribution in [3.63, 3.8) is 0 Å². The molecule has 0 saturated carbocycles. The summed E-state index contributed by atoms with van der Waals surface area (Å²) >= 11 is 3.04. The van der Waals surface area contributed by atoms with Crippen molar-refractivity contribution in [3.05, 3.63) is 52.7 Å². The number of carbonyl (C=O) groups is 1. The summed E-state index contributed by atoms with van der Waals surface area (Å²) in [5.74, 6) is -0.105. The van der Waals surface area contributed by atoms with Crippen molar-refractivity contribution in [2.75, 3.05) is 0 Å². The number of fused-ring (bicyclic) bond motifs is 1. The van der Waals surface area contributed by atoms with Crippen LogP contribution < -0.4 is 5.32 Å². The van der Waals surface area contributed by atoms with E-state index in [4.69, 9.17) is 0 Å². The Morgan fingerprint density at radius 1 is 1.27 bits per heavy atom. The number of amides is 1. The van der Waals surface area contributed by atoms with Gasteiger partial charge >= 0.3 is 0 Å². The van der Waals surface area contributed by atoms with E-state index in [1.807, 2.05) is 38.4 Å². The fourth-order valence-electron chi connectivity index (χ4n) is 2.66. The molecule has 0 radical (unpaired) electrons. The summed E-state index contributed by atoms with van der Waals surface area (Å²) in [5.41, 5.74) is 1.92. The summed E-state index contributed by atoms with van der Waals surface area (Å²) in [6, 6.07) is 8.07. The van der Waals surface area contributed by atoms with Crippen LogP contribution in [-0.2, 0) is 13.5 Å².